The number of halogens is 2. The van der Waals surface area contributed by atoms with Gasteiger partial charge in [-0.15, -0.1) is 11.3 Å². The van der Waals surface area contributed by atoms with Gasteiger partial charge in [0.25, 0.3) is 0 Å². The summed E-state index contributed by atoms with van der Waals surface area (Å²) in [6, 6.07) is 3.73. The highest BCUT2D eigenvalue weighted by molar-refractivity contribution is 9.10. The largest absolute Gasteiger partial charge is 0.457 e. The Bertz CT molecular complexity index is 397. The third kappa shape index (κ3) is 1.82. The van der Waals surface area contributed by atoms with E-state index >= 15 is 0 Å². The summed E-state index contributed by atoms with van der Waals surface area (Å²) in [6.07, 6.45) is 1.63. The number of furan rings is 1. The molecular formula is C9H7Br2NOS. The molecule has 2 aromatic heterocycles. The zero-order chi connectivity index (χ0) is 10.1. The number of thiophene rings is 1. The number of nitrogens with two attached hydrogens (primary N) is 1. The van der Waals surface area contributed by atoms with Gasteiger partial charge in [-0.2, -0.15) is 0 Å². The minimum absolute atomic E-state index is 0.141. The van der Waals surface area contributed by atoms with Gasteiger partial charge >= 0.3 is 0 Å². The lowest BCUT2D eigenvalue weighted by atomic mass is 10.1. The molecule has 74 valence electrons. The zero-order valence-electron chi connectivity index (χ0n) is 7.04. The Morgan fingerprint density at radius 2 is 2.14 bits per heavy atom. The summed E-state index contributed by atoms with van der Waals surface area (Å²) < 4.78 is 6.89. The molecule has 0 radical (unpaired) electrons. The first kappa shape index (κ1) is 10.4. The maximum absolute atomic E-state index is 6.10. The summed E-state index contributed by atoms with van der Waals surface area (Å²) in [5, 5.41) is 2.01. The monoisotopic (exact) mass is 335 g/mol. The summed E-state index contributed by atoms with van der Waals surface area (Å²) in [6.45, 7) is 0. The smallest absolute Gasteiger partial charge is 0.174 e. The van der Waals surface area contributed by atoms with Crippen LogP contribution in [0.15, 0.2) is 37.3 Å². The van der Waals surface area contributed by atoms with E-state index in [0.29, 0.717) is 4.67 Å². The topological polar surface area (TPSA) is 39.2 Å². The Morgan fingerprint density at radius 1 is 1.36 bits per heavy atom. The van der Waals surface area contributed by atoms with E-state index in [0.717, 1.165) is 14.9 Å². The summed E-state index contributed by atoms with van der Waals surface area (Å²) in [5.74, 6) is 0. The molecule has 14 heavy (non-hydrogen) atoms. The van der Waals surface area contributed by atoms with Crippen LogP contribution in [0.5, 0.6) is 0 Å². The van der Waals surface area contributed by atoms with Gasteiger partial charge in [0.1, 0.15) is 0 Å². The van der Waals surface area contributed by atoms with E-state index in [1.54, 1.807) is 17.6 Å². The third-order valence-electron chi connectivity index (χ3n) is 1.91. The SMILES string of the molecule is NC(c1ccoc1Br)c1sccc1Br. The molecule has 5 heteroatoms. The van der Waals surface area contributed by atoms with Crippen molar-refractivity contribution in [3.05, 3.63) is 43.4 Å². The minimum atomic E-state index is -0.141. The van der Waals surface area contributed by atoms with Crippen LogP contribution in [-0.2, 0) is 0 Å². The van der Waals surface area contributed by atoms with Crippen molar-refractivity contribution in [1.82, 2.24) is 0 Å². The highest BCUT2D eigenvalue weighted by Crippen LogP contribution is 2.34. The lowest BCUT2D eigenvalue weighted by Gasteiger charge is -2.08. The molecule has 2 aromatic rings. The van der Waals surface area contributed by atoms with E-state index in [2.05, 4.69) is 31.9 Å². The van der Waals surface area contributed by atoms with E-state index in [9.17, 15) is 0 Å². The fourth-order valence-electron chi connectivity index (χ4n) is 1.20. The summed E-state index contributed by atoms with van der Waals surface area (Å²) in [4.78, 5) is 1.10. The van der Waals surface area contributed by atoms with Crippen LogP contribution in [0.25, 0.3) is 0 Å². The fraction of sp³-hybridized carbons (Fsp3) is 0.111. The molecule has 2 rings (SSSR count). The van der Waals surface area contributed by atoms with Gasteiger partial charge in [0, 0.05) is 14.9 Å². The van der Waals surface area contributed by atoms with Crippen LogP contribution < -0.4 is 5.73 Å². The van der Waals surface area contributed by atoms with Crippen LogP contribution in [0.3, 0.4) is 0 Å². The average Bonchev–Trinajstić information content (AvgIpc) is 2.73. The first-order valence-electron chi connectivity index (χ1n) is 3.91. The van der Waals surface area contributed by atoms with Crippen LogP contribution in [-0.4, -0.2) is 0 Å². The normalized spacial score (nSPS) is 13.1. The second-order valence-corrected chi connectivity index (χ2v) is 5.28. The van der Waals surface area contributed by atoms with Gasteiger partial charge in [0.15, 0.2) is 4.67 Å². The van der Waals surface area contributed by atoms with E-state index < -0.39 is 0 Å². The molecule has 1 atom stereocenters. The van der Waals surface area contributed by atoms with E-state index in [4.69, 9.17) is 10.2 Å². The molecule has 0 bridgehead atoms. The van der Waals surface area contributed by atoms with Gasteiger partial charge in [-0.3, -0.25) is 0 Å². The van der Waals surface area contributed by atoms with Gasteiger partial charge in [-0.1, -0.05) is 0 Å². The molecule has 2 N–H and O–H groups in total. The Morgan fingerprint density at radius 3 is 2.64 bits per heavy atom. The van der Waals surface area contributed by atoms with Crippen LogP contribution in [0.4, 0.5) is 0 Å². The number of rotatable bonds is 2. The molecule has 2 nitrogen and oxygen atoms in total. The van der Waals surface area contributed by atoms with Gasteiger partial charge in [-0.25, -0.2) is 0 Å². The van der Waals surface area contributed by atoms with Gasteiger partial charge in [-0.05, 0) is 49.4 Å². The van der Waals surface area contributed by atoms with Crippen LogP contribution in [0.1, 0.15) is 16.5 Å². The first-order valence-corrected chi connectivity index (χ1v) is 6.38. The van der Waals surface area contributed by atoms with Gasteiger partial charge in [0.2, 0.25) is 0 Å². The van der Waals surface area contributed by atoms with Crippen molar-refractivity contribution in [3.8, 4) is 0 Å². The van der Waals surface area contributed by atoms with Gasteiger partial charge < -0.3 is 10.2 Å². The number of hydrogen-bond donors (Lipinski definition) is 1. The summed E-state index contributed by atoms with van der Waals surface area (Å²) >= 11 is 8.41. The van der Waals surface area contributed by atoms with Crippen molar-refractivity contribution in [1.29, 1.82) is 0 Å². The van der Waals surface area contributed by atoms with Crippen molar-refractivity contribution in [3.63, 3.8) is 0 Å². The van der Waals surface area contributed by atoms with E-state index in [1.807, 2.05) is 17.5 Å². The van der Waals surface area contributed by atoms with Crippen molar-refractivity contribution >= 4 is 43.2 Å². The maximum Gasteiger partial charge on any atom is 0.174 e. The Labute approximate surface area is 102 Å². The molecule has 0 aromatic carbocycles. The Kier molecular flexibility index (Phi) is 3.11. The first-order chi connectivity index (χ1) is 6.70. The van der Waals surface area contributed by atoms with Crippen molar-refractivity contribution in [2.45, 2.75) is 6.04 Å². The van der Waals surface area contributed by atoms with Gasteiger partial charge in [0.05, 0.1) is 12.3 Å². The maximum atomic E-state index is 6.10. The number of hydrogen-bond acceptors (Lipinski definition) is 3. The molecule has 0 fully saturated rings. The molecule has 2 heterocycles. The molecule has 0 aliphatic heterocycles. The second-order valence-electron chi connectivity index (χ2n) is 2.76. The zero-order valence-corrected chi connectivity index (χ0v) is 11.0. The molecule has 0 saturated carbocycles. The summed E-state index contributed by atoms with van der Waals surface area (Å²) in [7, 11) is 0. The van der Waals surface area contributed by atoms with E-state index in [-0.39, 0.29) is 6.04 Å². The highest BCUT2D eigenvalue weighted by Gasteiger charge is 2.17. The van der Waals surface area contributed by atoms with Crippen LogP contribution in [0.2, 0.25) is 0 Å². The minimum Gasteiger partial charge on any atom is -0.457 e. The summed E-state index contributed by atoms with van der Waals surface area (Å²) in [5.41, 5.74) is 7.06. The Balaban J connectivity index is 2.38. The van der Waals surface area contributed by atoms with Crippen LogP contribution >= 0.6 is 43.2 Å². The molecule has 1 unspecified atom stereocenters. The lowest BCUT2D eigenvalue weighted by molar-refractivity contribution is 0.535. The molecular weight excluding hydrogens is 330 g/mol. The standard InChI is InChI=1S/C9H7Br2NOS/c10-6-2-4-14-8(6)7(12)5-1-3-13-9(5)11/h1-4,7H,12H2. The fourth-order valence-corrected chi connectivity index (χ4v) is 3.32. The van der Waals surface area contributed by atoms with Crippen molar-refractivity contribution < 1.29 is 4.42 Å². The molecule has 0 aliphatic rings. The quantitative estimate of drug-likeness (QED) is 0.902. The molecule has 0 aliphatic carbocycles. The predicted octanol–water partition coefficient (Wildman–Crippen LogP) is 3.91. The lowest BCUT2D eigenvalue weighted by Crippen LogP contribution is -2.10. The van der Waals surface area contributed by atoms with Crippen molar-refractivity contribution in [2.24, 2.45) is 5.73 Å². The van der Waals surface area contributed by atoms with Crippen LogP contribution in [0, 0.1) is 0 Å². The van der Waals surface area contributed by atoms with E-state index in [1.165, 1.54) is 0 Å². The Hall–Kier alpha value is -0.100. The third-order valence-corrected chi connectivity index (χ3v) is 4.51. The molecule has 0 saturated heterocycles. The molecule has 0 amide bonds. The second kappa shape index (κ2) is 4.18. The predicted molar refractivity (Wildman–Crippen MR) is 64.5 cm³/mol. The average molecular weight is 337 g/mol. The molecule has 0 spiro atoms. The van der Waals surface area contributed by atoms with Crippen molar-refractivity contribution in [2.75, 3.05) is 0 Å². The highest BCUT2D eigenvalue weighted by atomic mass is 79.9.